The van der Waals surface area contributed by atoms with Gasteiger partial charge in [-0.05, 0) is 49.4 Å². The molecule has 0 spiro atoms. The number of aliphatic hydroxyl groups excluding tert-OH is 4. The number of anilines is 1. The van der Waals surface area contributed by atoms with E-state index >= 15 is 0 Å². The van der Waals surface area contributed by atoms with Crippen molar-refractivity contribution in [1.29, 1.82) is 0 Å². The average Bonchev–Trinajstić information content (AvgIpc) is 2.81. The van der Waals surface area contributed by atoms with E-state index in [1.165, 1.54) is 0 Å². The molecule has 0 saturated carbocycles. The number of aliphatic hydroxyl groups is 4. The van der Waals surface area contributed by atoms with Crippen molar-refractivity contribution in [1.82, 2.24) is 4.98 Å². The van der Waals surface area contributed by atoms with Crippen molar-refractivity contribution in [3.63, 3.8) is 0 Å². The molecule has 182 valence electrons. The average molecular weight is 461 g/mol. The molecule has 4 N–H and O–H groups in total. The fourth-order valence-corrected chi connectivity index (χ4v) is 4.02. The van der Waals surface area contributed by atoms with Gasteiger partial charge in [0.1, 0.15) is 24.1 Å². The minimum atomic E-state index is -1.38. The van der Waals surface area contributed by atoms with Gasteiger partial charge in [-0.1, -0.05) is 18.6 Å². The first-order chi connectivity index (χ1) is 16.0. The van der Waals surface area contributed by atoms with Crippen LogP contribution in [0.15, 0.2) is 42.7 Å². The largest absolute Gasteiger partial charge is 0.494 e. The van der Waals surface area contributed by atoms with E-state index in [2.05, 4.69) is 4.98 Å². The maximum Gasteiger partial charge on any atom is 0.121 e. The Kier molecular flexibility index (Phi) is 9.90. The molecular formula is C25H36N2O6. The van der Waals surface area contributed by atoms with Crippen molar-refractivity contribution in [2.75, 3.05) is 31.3 Å². The highest BCUT2D eigenvalue weighted by molar-refractivity contribution is 5.51. The van der Waals surface area contributed by atoms with E-state index in [0.29, 0.717) is 19.8 Å². The van der Waals surface area contributed by atoms with Crippen LogP contribution >= 0.6 is 0 Å². The van der Waals surface area contributed by atoms with Gasteiger partial charge in [-0.2, -0.15) is 0 Å². The maximum absolute atomic E-state index is 10.9. The van der Waals surface area contributed by atoms with Crippen molar-refractivity contribution >= 4 is 5.69 Å². The van der Waals surface area contributed by atoms with Crippen LogP contribution in [0.2, 0.25) is 0 Å². The van der Waals surface area contributed by atoms with Gasteiger partial charge in [0.15, 0.2) is 0 Å². The lowest BCUT2D eigenvalue weighted by atomic mass is 10.0. The Bertz CT molecular complexity index is 851. The predicted molar refractivity (Wildman–Crippen MR) is 125 cm³/mol. The number of β-amino-alcohol motifs (C(OH)–C–C–N with tert-alkyl or cyclic N) is 1. The van der Waals surface area contributed by atoms with Gasteiger partial charge in [-0.3, -0.25) is 4.98 Å². The summed E-state index contributed by atoms with van der Waals surface area (Å²) in [5.41, 5.74) is 2.81. The predicted octanol–water partition coefficient (Wildman–Crippen LogP) is 1.81. The Morgan fingerprint density at radius 2 is 1.88 bits per heavy atom. The summed E-state index contributed by atoms with van der Waals surface area (Å²) < 4.78 is 11.6. The van der Waals surface area contributed by atoms with E-state index in [1.807, 2.05) is 42.2 Å². The quantitative estimate of drug-likeness (QED) is 0.546. The van der Waals surface area contributed by atoms with Crippen molar-refractivity contribution in [3.05, 3.63) is 53.9 Å². The fraction of sp³-hybridized carbons (Fsp3) is 0.560. The Morgan fingerprint density at radius 3 is 2.64 bits per heavy atom. The van der Waals surface area contributed by atoms with Crippen molar-refractivity contribution in [3.8, 4) is 5.75 Å². The van der Waals surface area contributed by atoms with Gasteiger partial charge in [-0.25, -0.2) is 0 Å². The number of ether oxygens (including phenoxy) is 2. The molecule has 2 heterocycles. The summed E-state index contributed by atoms with van der Waals surface area (Å²) in [5, 5.41) is 41.4. The molecule has 0 aliphatic carbocycles. The van der Waals surface area contributed by atoms with Crippen molar-refractivity contribution in [2.45, 2.75) is 63.6 Å². The maximum atomic E-state index is 10.9. The third kappa shape index (κ3) is 7.65. The lowest BCUT2D eigenvalue weighted by molar-refractivity contribution is -0.141. The molecule has 3 rings (SSSR count). The molecule has 1 aromatic carbocycles. The molecule has 4 atom stereocenters. The van der Waals surface area contributed by atoms with Gasteiger partial charge < -0.3 is 34.8 Å². The number of hydrogen-bond donors (Lipinski definition) is 4. The molecule has 1 aliphatic rings. The topological polar surface area (TPSA) is 116 Å². The zero-order valence-electron chi connectivity index (χ0n) is 19.2. The molecule has 33 heavy (non-hydrogen) atoms. The number of aryl methyl sites for hydroxylation is 1. The van der Waals surface area contributed by atoms with Gasteiger partial charge in [0.05, 0.1) is 19.3 Å². The first-order valence-corrected chi connectivity index (χ1v) is 11.6. The van der Waals surface area contributed by atoms with Crippen LogP contribution in [0.25, 0.3) is 0 Å². The van der Waals surface area contributed by atoms with E-state index in [0.717, 1.165) is 48.2 Å². The Balaban J connectivity index is 1.89. The molecule has 2 aromatic rings. The van der Waals surface area contributed by atoms with Gasteiger partial charge >= 0.3 is 0 Å². The van der Waals surface area contributed by atoms with Gasteiger partial charge in [0, 0.05) is 43.8 Å². The summed E-state index contributed by atoms with van der Waals surface area (Å²) in [5.74, 6) is 0.749. The lowest BCUT2D eigenvalue weighted by Crippen LogP contribution is -2.51. The molecule has 0 radical (unpaired) electrons. The second-order valence-electron chi connectivity index (χ2n) is 8.65. The minimum Gasteiger partial charge on any atom is -0.494 e. The molecule has 1 aliphatic heterocycles. The summed E-state index contributed by atoms with van der Waals surface area (Å²) in [6, 6.07) is 9.68. The number of benzene rings is 1. The molecule has 0 unspecified atom stereocenters. The van der Waals surface area contributed by atoms with E-state index in [1.54, 1.807) is 12.4 Å². The summed E-state index contributed by atoms with van der Waals surface area (Å²) in [4.78, 5) is 6.20. The zero-order chi connectivity index (χ0) is 23.6. The molecule has 8 heteroatoms. The van der Waals surface area contributed by atoms with E-state index < -0.39 is 31.0 Å². The Morgan fingerprint density at radius 1 is 1.09 bits per heavy atom. The third-order valence-electron chi connectivity index (χ3n) is 5.81. The van der Waals surface area contributed by atoms with Gasteiger partial charge in [-0.15, -0.1) is 0 Å². The first kappa shape index (κ1) is 25.4. The summed E-state index contributed by atoms with van der Waals surface area (Å²) in [7, 11) is 0. The number of nitrogens with zero attached hydrogens (tertiary/aromatic N) is 2. The van der Waals surface area contributed by atoms with Crippen LogP contribution in [0, 0.1) is 6.92 Å². The van der Waals surface area contributed by atoms with Crippen LogP contribution in [0.1, 0.15) is 36.8 Å². The highest BCUT2D eigenvalue weighted by atomic mass is 16.5. The van der Waals surface area contributed by atoms with Gasteiger partial charge in [0.25, 0.3) is 0 Å². The number of rotatable bonds is 4. The number of aromatic nitrogens is 1. The normalized spacial score (nSPS) is 24.2. The number of pyridine rings is 1. The van der Waals surface area contributed by atoms with E-state index in [9.17, 15) is 20.4 Å². The van der Waals surface area contributed by atoms with Crippen molar-refractivity contribution < 1.29 is 29.9 Å². The number of fused-ring (bicyclic) bond motifs is 2. The van der Waals surface area contributed by atoms with Crippen LogP contribution in [-0.4, -0.2) is 76.2 Å². The van der Waals surface area contributed by atoms with Crippen LogP contribution in [-0.2, 0) is 11.3 Å². The standard InChI is InChI=1S/C25H36N2O6/c1-18-11-19(14-26-13-18)15-27-16-22(29)24(31)25(23(30)17-28)33-10-5-3-2-4-9-32-21-8-6-7-20(27)12-21/h6-8,11-14,22-25,28-31H,2-5,9-10,15-17H2,1H3/t22-,23-,24-,25-/m1/s1. The molecule has 0 amide bonds. The SMILES string of the molecule is Cc1cncc(CN2C[C@@H](O)[C@@H](O)[C@@H]([C@H](O)CO)OCCCCCCOc3cccc2c3)c1. The second kappa shape index (κ2) is 12.9. The molecular weight excluding hydrogens is 424 g/mol. The van der Waals surface area contributed by atoms with E-state index in [-0.39, 0.29) is 6.54 Å². The number of hydrogen-bond acceptors (Lipinski definition) is 8. The zero-order valence-corrected chi connectivity index (χ0v) is 19.2. The van der Waals surface area contributed by atoms with Crippen LogP contribution in [0.3, 0.4) is 0 Å². The van der Waals surface area contributed by atoms with Crippen molar-refractivity contribution in [2.24, 2.45) is 0 Å². The van der Waals surface area contributed by atoms with Crippen LogP contribution in [0.4, 0.5) is 5.69 Å². The highest BCUT2D eigenvalue weighted by Gasteiger charge is 2.33. The lowest BCUT2D eigenvalue weighted by Gasteiger charge is -2.34. The minimum absolute atomic E-state index is 0.0799. The fourth-order valence-electron chi connectivity index (χ4n) is 4.02. The molecule has 8 nitrogen and oxygen atoms in total. The molecule has 0 saturated heterocycles. The van der Waals surface area contributed by atoms with E-state index in [4.69, 9.17) is 9.47 Å². The highest BCUT2D eigenvalue weighted by Crippen LogP contribution is 2.25. The van der Waals surface area contributed by atoms with Crippen LogP contribution < -0.4 is 9.64 Å². The Hall–Kier alpha value is -2.23. The monoisotopic (exact) mass is 460 g/mol. The molecule has 1 aromatic heterocycles. The third-order valence-corrected chi connectivity index (χ3v) is 5.81. The van der Waals surface area contributed by atoms with Crippen LogP contribution in [0.5, 0.6) is 5.75 Å². The summed E-state index contributed by atoms with van der Waals surface area (Å²) in [6.07, 6.45) is 2.11. The molecule has 0 fully saturated rings. The summed E-state index contributed by atoms with van der Waals surface area (Å²) >= 11 is 0. The molecule has 2 bridgehead atoms. The Labute approximate surface area is 195 Å². The summed E-state index contributed by atoms with van der Waals surface area (Å²) in [6.45, 7) is 2.87. The first-order valence-electron chi connectivity index (χ1n) is 11.6. The smallest absolute Gasteiger partial charge is 0.121 e. The van der Waals surface area contributed by atoms with Gasteiger partial charge in [0.2, 0.25) is 0 Å². The second-order valence-corrected chi connectivity index (χ2v) is 8.65.